The van der Waals surface area contributed by atoms with Gasteiger partial charge in [0.05, 0.1) is 32.6 Å². The number of carboxylic acids is 2. The Bertz CT molecular complexity index is 1720. The Labute approximate surface area is 267 Å². The molecule has 0 fully saturated rings. The molecule has 0 aliphatic rings. The SMILES string of the molecule is CCc1cc(COc2ccc(C(F)(F)F)cc2Cl)nc(C(=O)O)c1.O=C(O)c1cccc(COc2ccc(C(F)(F)F)cc2Cl)n1. The summed E-state index contributed by atoms with van der Waals surface area (Å²) in [6, 6.07) is 12.9. The topological polar surface area (TPSA) is 119 Å². The predicted molar refractivity (Wildman–Crippen MR) is 153 cm³/mol. The van der Waals surface area contributed by atoms with E-state index in [9.17, 15) is 35.9 Å². The molecule has 0 atom stereocenters. The molecule has 2 aromatic heterocycles. The van der Waals surface area contributed by atoms with E-state index >= 15 is 0 Å². The lowest BCUT2D eigenvalue weighted by atomic mass is 10.1. The number of hydrogen-bond donors (Lipinski definition) is 2. The molecule has 2 heterocycles. The van der Waals surface area contributed by atoms with Crippen LogP contribution in [0.2, 0.25) is 10.0 Å². The molecule has 2 N–H and O–H groups in total. The standard InChI is InChI=1S/C16H13ClF3NO3.C14H9ClF3NO3/c1-2-9-5-11(21-13(6-9)15(22)23)8-24-14-4-3-10(7-12(14)17)16(18,19)20;15-10-6-8(14(16,17)18)4-5-12(10)22-7-9-2-1-3-11(19-9)13(20)21/h3-7H,2,8H2,1H3,(H,22,23);1-6H,7H2,(H,20,21). The number of hydrogen-bond acceptors (Lipinski definition) is 6. The minimum Gasteiger partial charge on any atom is -0.486 e. The van der Waals surface area contributed by atoms with Gasteiger partial charge in [0.15, 0.2) is 0 Å². The Kier molecular flexibility index (Phi) is 11.8. The number of aromatic nitrogens is 2. The van der Waals surface area contributed by atoms with Crippen LogP contribution in [0.5, 0.6) is 11.5 Å². The number of halogens is 8. The summed E-state index contributed by atoms with van der Waals surface area (Å²) in [6.07, 6.45) is -8.37. The zero-order valence-electron chi connectivity index (χ0n) is 23.4. The minimum atomic E-state index is -4.49. The maximum absolute atomic E-state index is 12.6. The first-order valence-electron chi connectivity index (χ1n) is 12.9. The maximum Gasteiger partial charge on any atom is 0.416 e. The van der Waals surface area contributed by atoms with Crippen LogP contribution < -0.4 is 9.47 Å². The third-order valence-electron chi connectivity index (χ3n) is 5.86. The molecule has 16 heteroatoms. The van der Waals surface area contributed by atoms with E-state index in [1.165, 1.54) is 24.3 Å². The summed E-state index contributed by atoms with van der Waals surface area (Å²) in [4.78, 5) is 29.6. The number of carbonyl (C=O) groups is 2. The molecule has 0 saturated heterocycles. The van der Waals surface area contributed by atoms with E-state index in [0.717, 1.165) is 42.0 Å². The van der Waals surface area contributed by atoms with E-state index in [-0.39, 0.29) is 46.1 Å². The first-order chi connectivity index (χ1) is 21.5. The molecule has 2 aromatic carbocycles. The molecule has 46 heavy (non-hydrogen) atoms. The Hall–Kier alpha value is -4.56. The van der Waals surface area contributed by atoms with Crippen molar-refractivity contribution in [2.45, 2.75) is 38.9 Å². The monoisotopic (exact) mass is 690 g/mol. The van der Waals surface area contributed by atoms with E-state index in [0.29, 0.717) is 17.8 Å². The van der Waals surface area contributed by atoms with Crippen molar-refractivity contribution in [2.24, 2.45) is 0 Å². The summed E-state index contributed by atoms with van der Waals surface area (Å²) in [7, 11) is 0. The van der Waals surface area contributed by atoms with Crippen LogP contribution in [0.25, 0.3) is 0 Å². The molecule has 0 spiro atoms. The second kappa shape index (κ2) is 15.1. The number of aromatic carboxylic acids is 2. The number of carboxylic acid groups (broad SMARTS) is 2. The van der Waals surface area contributed by atoms with Crippen LogP contribution in [-0.4, -0.2) is 32.1 Å². The summed E-state index contributed by atoms with van der Waals surface area (Å²) in [5.41, 5.74) is -0.598. The molecule has 0 aliphatic carbocycles. The van der Waals surface area contributed by atoms with E-state index in [4.69, 9.17) is 42.9 Å². The molecule has 0 aliphatic heterocycles. The number of rotatable bonds is 9. The smallest absolute Gasteiger partial charge is 0.416 e. The molecule has 4 aromatic rings. The fourth-order valence-electron chi connectivity index (χ4n) is 3.61. The van der Waals surface area contributed by atoms with Crippen LogP contribution in [0.15, 0.2) is 66.7 Å². The lowest BCUT2D eigenvalue weighted by Gasteiger charge is -2.12. The molecule has 0 amide bonds. The third kappa shape index (κ3) is 10.2. The van der Waals surface area contributed by atoms with Crippen molar-refractivity contribution in [1.29, 1.82) is 0 Å². The quantitative estimate of drug-likeness (QED) is 0.168. The van der Waals surface area contributed by atoms with E-state index in [1.807, 2.05) is 6.92 Å². The Morgan fingerprint density at radius 3 is 1.61 bits per heavy atom. The maximum atomic E-state index is 12.6. The Morgan fingerprint density at radius 2 is 1.17 bits per heavy atom. The summed E-state index contributed by atoms with van der Waals surface area (Å²) < 4.78 is 85.9. The highest BCUT2D eigenvalue weighted by molar-refractivity contribution is 6.32. The summed E-state index contributed by atoms with van der Waals surface area (Å²) in [5, 5.41) is 17.5. The Balaban J connectivity index is 0.000000251. The minimum absolute atomic E-state index is 0.0530. The van der Waals surface area contributed by atoms with Gasteiger partial charge in [-0.25, -0.2) is 19.6 Å². The normalized spacial score (nSPS) is 11.3. The lowest BCUT2D eigenvalue weighted by molar-refractivity contribution is -0.138. The van der Waals surface area contributed by atoms with Gasteiger partial charge in [-0.2, -0.15) is 26.3 Å². The van der Waals surface area contributed by atoms with Crippen molar-refractivity contribution in [3.8, 4) is 11.5 Å². The molecule has 244 valence electrons. The molecule has 0 radical (unpaired) electrons. The second-order valence-electron chi connectivity index (χ2n) is 9.19. The van der Waals surface area contributed by atoms with E-state index in [1.54, 1.807) is 6.07 Å². The van der Waals surface area contributed by atoms with Gasteiger partial charge < -0.3 is 19.7 Å². The van der Waals surface area contributed by atoms with Crippen molar-refractivity contribution in [3.63, 3.8) is 0 Å². The first kappa shape index (κ1) is 35.9. The van der Waals surface area contributed by atoms with E-state index < -0.39 is 35.4 Å². The van der Waals surface area contributed by atoms with Crippen LogP contribution in [0, 0.1) is 0 Å². The molecule has 0 unspecified atom stereocenters. The van der Waals surface area contributed by atoms with Crippen molar-refractivity contribution in [1.82, 2.24) is 9.97 Å². The van der Waals surface area contributed by atoms with Crippen LogP contribution in [0.4, 0.5) is 26.3 Å². The lowest BCUT2D eigenvalue weighted by Crippen LogP contribution is -2.08. The zero-order valence-corrected chi connectivity index (χ0v) is 24.9. The van der Waals surface area contributed by atoms with Crippen LogP contribution >= 0.6 is 23.2 Å². The van der Waals surface area contributed by atoms with Crippen molar-refractivity contribution in [3.05, 3.63) is 116 Å². The summed E-state index contributed by atoms with van der Waals surface area (Å²) >= 11 is 11.5. The van der Waals surface area contributed by atoms with E-state index in [2.05, 4.69) is 9.97 Å². The van der Waals surface area contributed by atoms with Gasteiger partial charge >= 0.3 is 24.3 Å². The van der Waals surface area contributed by atoms with Gasteiger partial charge in [-0.05, 0) is 72.6 Å². The molecule has 8 nitrogen and oxygen atoms in total. The molecule has 4 rings (SSSR count). The summed E-state index contributed by atoms with van der Waals surface area (Å²) in [5.74, 6) is -2.24. The van der Waals surface area contributed by atoms with Gasteiger partial charge in [0.1, 0.15) is 36.1 Å². The highest BCUT2D eigenvalue weighted by atomic mass is 35.5. The number of pyridine rings is 2. The molecule has 0 bridgehead atoms. The van der Waals surface area contributed by atoms with Crippen LogP contribution in [0.1, 0.15) is 56.0 Å². The van der Waals surface area contributed by atoms with Gasteiger partial charge in [0.25, 0.3) is 0 Å². The van der Waals surface area contributed by atoms with Crippen LogP contribution in [-0.2, 0) is 32.0 Å². The highest BCUT2D eigenvalue weighted by Crippen LogP contribution is 2.36. The third-order valence-corrected chi connectivity index (χ3v) is 6.45. The molecular weight excluding hydrogens is 669 g/mol. The average molecular weight is 691 g/mol. The van der Waals surface area contributed by atoms with Crippen LogP contribution in [0.3, 0.4) is 0 Å². The van der Waals surface area contributed by atoms with Gasteiger partial charge in [0, 0.05) is 0 Å². The Morgan fingerprint density at radius 1 is 0.696 bits per heavy atom. The number of benzene rings is 2. The van der Waals surface area contributed by atoms with Crippen molar-refractivity contribution >= 4 is 35.1 Å². The summed E-state index contributed by atoms with van der Waals surface area (Å²) in [6.45, 7) is 1.63. The second-order valence-corrected chi connectivity index (χ2v) is 10.0. The van der Waals surface area contributed by atoms with Gasteiger partial charge in [-0.15, -0.1) is 0 Å². The predicted octanol–water partition coefficient (Wildman–Crippen LogP) is 8.62. The van der Waals surface area contributed by atoms with Crippen molar-refractivity contribution < 1.29 is 55.6 Å². The average Bonchev–Trinajstić information content (AvgIpc) is 2.99. The number of ether oxygens (including phenoxy) is 2. The van der Waals surface area contributed by atoms with Gasteiger partial charge in [-0.3, -0.25) is 0 Å². The van der Waals surface area contributed by atoms with Gasteiger partial charge in [0.2, 0.25) is 0 Å². The molecule has 0 saturated carbocycles. The fourth-order valence-corrected chi connectivity index (χ4v) is 4.08. The fraction of sp³-hybridized carbons (Fsp3) is 0.200. The van der Waals surface area contributed by atoms with Gasteiger partial charge in [-0.1, -0.05) is 36.2 Å². The number of aryl methyl sites for hydroxylation is 1. The number of nitrogens with zero attached hydrogens (tertiary/aromatic N) is 2. The first-order valence-corrected chi connectivity index (χ1v) is 13.6. The molecular formula is C30H22Cl2F6N2O6. The zero-order chi connectivity index (χ0) is 34.2. The number of alkyl halides is 6. The largest absolute Gasteiger partial charge is 0.486 e. The van der Waals surface area contributed by atoms with Crippen molar-refractivity contribution in [2.75, 3.05) is 0 Å². The highest BCUT2D eigenvalue weighted by Gasteiger charge is 2.32.